The third kappa shape index (κ3) is 4.39. The molecule has 0 saturated carbocycles. The maximum Gasteiger partial charge on any atom is 0.355 e. The summed E-state index contributed by atoms with van der Waals surface area (Å²) in [7, 11) is 0. The summed E-state index contributed by atoms with van der Waals surface area (Å²) in [6, 6.07) is 11.4. The van der Waals surface area contributed by atoms with Gasteiger partial charge in [-0.3, -0.25) is 0 Å². The van der Waals surface area contributed by atoms with Crippen LogP contribution in [0.4, 0.5) is 0 Å². The number of aromatic carboxylic acids is 1. The zero-order valence-electron chi connectivity index (χ0n) is 15.7. The van der Waals surface area contributed by atoms with Gasteiger partial charge in [-0.15, -0.1) is 0 Å². The molecule has 0 saturated heterocycles. The molecule has 0 aliphatic heterocycles. The van der Waals surface area contributed by atoms with Crippen LogP contribution in [0.2, 0.25) is 0 Å². The van der Waals surface area contributed by atoms with Crippen LogP contribution in [0, 0.1) is 0 Å². The summed E-state index contributed by atoms with van der Waals surface area (Å²) in [5.41, 5.74) is 2.64. The van der Waals surface area contributed by atoms with E-state index >= 15 is 0 Å². The number of carbonyl (C=O) groups is 1. The number of nitrogens with zero attached hydrogens (tertiary/aromatic N) is 4. The van der Waals surface area contributed by atoms with Gasteiger partial charge in [0.2, 0.25) is 0 Å². The number of carboxylic acid groups (broad SMARTS) is 1. The highest BCUT2D eigenvalue weighted by atomic mass is 16.4. The molecule has 0 radical (unpaired) electrons. The molecule has 0 atom stereocenters. The zero-order chi connectivity index (χ0) is 19.2. The van der Waals surface area contributed by atoms with Crippen molar-refractivity contribution in [1.29, 1.82) is 0 Å². The van der Waals surface area contributed by atoms with Crippen molar-refractivity contribution in [2.45, 2.75) is 46.1 Å². The van der Waals surface area contributed by atoms with Crippen molar-refractivity contribution in [3.05, 3.63) is 65.5 Å². The van der Waals surface area contributed by atoms with Gasteiger partial charge in [0.25, 0.3) is 0 Å². The Labute approximate surface area is 158 Å². The van der Waals surface area contributed by atoms with Crippen LogP contribution in [0.5, 0.6) is 0 Å². The third-order valence-corrected chi connectivity index (χ3v) is 4.34. The molecular weight excluding hydrogens is 340 g/mol. The molecule has 3 rings (SSSR count). The van der Waals surface area contributed by atoms with E-state index in [0.717, 1.165) is 48.6 Å². The molecule has 0 aliphatic rings. The maximum atomic E-state index is 11.4. The van der Waals surface area contributed by atoms with Gasteiger partial charge in [-0.1, -0.05) is 44.2 Å². The zero-order valence-corrected chi connectivity index (χ0v) is 15.7. The SMILES string of the molecule is CCCc1nc(Cc2ccc(-c3cccnc3C(=O)O)cc2)n(CCC)n1. The molecule has 0 aliphatic carbocycles. The second-order valence-electron chi connectivity index (χ2n) is 6.50. The number of aryl methyl sites for hydroxylation is 2. The number of carboxylic acids is 1. The van der Waals surface area contributed by atoms with Crippen molar-refractivity contribution in [2.75, 3.05) is 0 Å². The maximum absolute atomic E-state index is 11.4. The molecule has 3 aromatic rings. The van der Waals surface area contributed by atoms with Gasteiger partial charge in [0.15, 0.2) is 11.5 Å². The highest BCUT2D eigenvalue weighted by molar-refractivity contribution is 5.93. The van der Waals surface area contributed by atoms with Crippen molar-refractivity contribution in [3.63, 3.8) is 0 Å². The Morgan fingerprint density at radius 3 is 2.56 bits per heavy atom. The summed E-state index contributed by atoms with van der Waals surface area (Å²) in [5.74, 6) is 0.852. The fourth-order valence-corrected chi connectivity index (χ4v) is 3.07. The lowest BCUT2D eigenvalue weighted by Crippen LogP contribution is -2.06. The van der Waals surface area contributed by atoms with Gasteiger partial charge >= 0.3 is 5.97 Å². The quantitative estimate of drug-likeness (QED) is 0.653. The van der Waals surface area contributed by atoms with Crippen LogP contribution in [0.15, 0.2) is 42.6 Å². The number of benzene rings is 1. The second kappa shape index (κ2) is 8.58. The molecule has 0 spiro atoms. The minimum Gasteiger partial charge on any atom is -0.476 e. The lowest BCUT2D eigenvalue weighted by atomic mass is 10.0. The molecule has 6 nitrogen and oxygen atoms in total. The molecule has 1 N–H and O–H groups in total. The van der Waals surface area contributed by atoms with Crippen LogP contribution >= 0.6 is 0 Å². The van der Waals surface area contributed by atoms with Crippen molar-refractivity contribution >= 4 is 5.97 Å². The number of hydrogen-bond acceptors (Lipinski definition) is 4. The largest absolute Gasteiger partial charge is 0.476 e. The van der Waals surface area contributed by atoms with Crippen molar-refractivity contribution in [3.8, 4) is 11.1 Å². The van der Waals surface area contributed by atoms with Crippen LogP contribution in [-0.4, -0.2) is 30.8 Å². The first-order chi connectivity index (χ1) is 13.1. The van der Waals surface area contributed by atoms with E-state index in [1.54, 1.807) is 12.1 Å². The molecule has 0 amide bonds. The molecule has 0 unspecified atom stereocenters. The summed E-state index contributed by atoms with van der Waals surface area (Å²) in [4.78, 5) is 20.0. The van der Waals surface area contributed by atoms with E-state index < -0.39 is 5.97 Å². The van der Waals surface area contributed by atoms with Crippen molar-refractivity contribution in [1.82, 2.24) is 19.7 Å². The molecule has 6 heteroatoms. The number of aromatic nitrogens is 4. The van der Waals surface area contributed by atoms with E-state index in [4.69, 9.17) is 4.98 Å². The topological polar surface area (TPSA) is 80.9 Å². The van der Waals surface area contributed by atoms with Gasteiger partial charge in [-0.2, -0.15) is 5.10 Å². The van der Waals surface area contributed by atoms with Gasteiger partial charge < -0.3 is 5.11 Å². The third-order valence-electron chi connectivity index (χ3n) is 4.34. The number of hydrogen-bond donors (Lipinski definition) is 1. The van der Waals surface area contributed by atoms with Crippen LogP contribution in [-0.2, 0) is 19.4 Å². The monoisotopic (exact) mass is 364 g/mol. The highest BCUT2D eigenvalue weighted by Gasteiger charge is 2.13. The van der Waals surface area contributed by atoms with Gasteiger partial charge in [0.1, 0.15) is 5.82 Å². The van der Waals surface area contributed by atoms with Crippen LogP contribution in [0.3, 0.4) is 0 Å². The van der Waals surface area contributed by atoms with E-state index in [-0.39, 0.29) is 5.69 Å². The Bertz CT molecular complexity index is 916. The molecule has 2 aromatic heterocycles. The fourth-order valence-electron chi connectivity index (χ4n) is 3.07. The molecule has 2 heterocycles. The average molecular weight is 364 g/mol. The van der Waals surface area contributed by atoms with Crippen molar-refractivity contribution < 1.29 is 9.90 Å². The number of rotatable bonds is 8. The van der Waals surface area contributed by atoms with E-state index in [1.165, 1.54) is 6.20 Å². The van der Waals surface area contributed by atoms with Crippen LogP contribution in [0.25, 0.3) is 11.1 Å². The van der Waals surface area contributed by atoms with Gasteiger partial charge in [-0.25, -0.2) is 19.4 Å². The smallest absolute Gasteiger partial charge is 0.355 e. The van der Waals surface area contributed by atoms with Gasteiger partial charge in [0, 0.05) is 31.1 Å². The Balaban J connectivity index is 1.84. The normalized spacial score (nSPS) is 10.9. The molecule has 1 aromatic carbocycles. The Morgan fingerprint density at radius 1 is 1.11 bits per heavy atom. The summed E-state index contributed by atoms with van der Waals surface area (Å²) < 4.78 is 2.00. The lowest BCUT2D eigenvalue weighted by molar-refractivity contribution is 0.0691. The van der Waals surface area contributed by atoms with E-state index in [0.29, 0.717) is 12.0 Å². The molecule has 140 valence electrons. The summed E-state index contributed by atoms with van der Waals surface area (Å²) in [6.07, 6.45) is 5.13. The van der Waals surface area contributed by atoms with E-state index in [1.807, 2.05) is 28.9 Å². The van der Waals surface area contributed by atoms with Gasteiger partial charge in [-0.05, 0) is 30.0 Å². The van der Waals surface area contributed by atoms with Crippen molar-refractivity contribution in [2.24, 2.45) is 0 Å². The Kier molecular flexibility index (Phi) is 5.96. The van der Waals surface area contributed by atoms with Crippen LogP contribution < -0.4 is 0 Å². The van der Waals surface area contributed by atoms with Gasteiger partial charge in [0.05, 0.1) is 0 Å². The Hall–Kier alpha value is -3.02. The lowest BCUT2D eigenvalue weighted by Gasteiger charge is -2.07. The molecule has 27 heavy (non-hydrogen) atoms. The first-order valence-electron chi connectivity index (χ1n) is 9.32. The highest BCUT2D eigenvalue weighted by Crippen LogP contribution is 2.23. The standard InChI is InChI=1S/C21H24N4O2/c1-3-6-18-23-19(25(24-18)13-4-2)14-15-8-10-16(11-9-15)17-7-5-12-22-20(17)21(26)27/h5,7-12H,3-4,6,13-14H2,1-2H3,(H,26,27). The molecular formula is C21H24N4O2. The summed E-state index contributed by atoms with van der Waals surface area (Å²) in [5, 5.41) is 13.9. The first kappa shape index (κ1) is 18.8. The first-order valence-corrected chi connectivity index (χ1v) is 9.32. The predicted octanol–water partition coefficient (Wildman–Crippen LogP) is 3.99. The number of pyridine rings is 1. The average Bonchev–Trinajstić information content (AvgIpc) is 3.04. The second-order valence-corrected chi connectivity index (χ2v) is 6.50. The molecule has 0 bridgehead atoms. The minimum absolute atomic E-state index is 0.0668. The minimum atomic E-state index is -1.02. The summed E-state index contributed by atoms with van der Waals surface area (Å²) in [6.45, 7) is 5.12. The predicted molar refractivity (Wildman–Crippen MR) is 104 cm³/mol. The van der Waals surface area contributed by atoms with Crippen LogP contribution in [0.1, 0.15) is 54.4 Å². The molecule has 0 fully saturated rings. The Morgan fingerprint density at radius 2 is 1.89 bits per heavy atom. The fraction of sp³-hybridized carbons (Fsp3) is 0.333. The summed E-state index contributed by atoms with van der Waals surface area (Å²) >= 11 is 0. The van der Waals surface area contributed by atoms with E-state index in [9.17, 15) is 9.90 Å². The van der Waals surface area contributed by atoms with E-state index in [2.05, 4.69) is 23.9 Å².